The van der Waals surface area contributed by atoms with E-state index in [9.17, 15) is 4.39 Å². The summed E-state index contributed by atoms with van der Waals surface area (Å²) in [5.41, 5.74) is 1.64. The van der Waals surface area contributed by atoms with Crippen molar-refractivity contribution in [2.75, 3.05) is 33.0 Å². The Morgan fingerprint density at radius 1 is 1.17 bits per heavy atom. The van der Waals surface area contributed by atoms with E-state index in [-0.39, 0.29) is 11.9 Å². The van der Waals surface area contributed by atoms with Crippen LogP contribution in [0.4, 0.5) is 4.39 Å². The van der Waals surface area contributed by atoms with E-state index in [4.69, 9.17) is 9.47 Å². The van der Waals surface area contributed by atoms with Crippen LogP contribution >= 0.6 is 0 Å². The van der Waals surface area contributed by atoms with E-state index in [0.29, 0.717) is 12.6 Å². The molecular formula is C18H22FN3O2. The highest BCUT2D eigenvalue weighted by molar-refractivity contribution is 5.58. The normalized spacial score (nSPS) is 23.5. The topological polar surface area (TPSA) is 50.4 Å². The number of aromatic amines is 1. The van der Waals surface area contributed by atoms with Gasteiger partial charge in [-0.1, -0.05) is 12.1 Å². The van der Waals surface area contributed by atoms with Gasteiger partial charge in [0.25, 0.3) is 0 Å². The molecule has 2 fully saturated rings. The van der Waals surface area contributed by atoms with E-state index in [0.717, 1.165) is 56.3 Å². The van der Waals surface area contributed by atoms with Gasteiger partial charge in [-0.2, -0.15) is 0 Å². The van der Waals surface area contributed by atoms with Gasteiger partial charge in [-0.3, -0.25) is 4.90 Å². The molecule has 5 nitrogen and oxygen atoms in total. The monoisotopic (exact) mass is 331 g/mol. The first-order chi connectivity index (χ1) is 11.8. The third kappa shape index (κ3) is 3.22. The van der Waals surface area contributed by atoms with Crippen LogP contribution in [-0.4, -0.2) is 53.9 Å². The van der Waals surface area contributed by atoms with E-state index >= 15 is 0 Å². The average molecular weight is 331 g/mol. The molecule has 2 aliphatic heterocycles. The van der Waals surface area contributed by atoms with Gasteiger partial charge in [0.1, 0.15) is 11.6 Å². The van der Waals surface area contributed by atoms with Crippen LogP contribution in [0.2, 0.25) is 0 Å². The van der Waals surface area contributed by atoms with Crippen molar-refractivity contribution in [3.63, 3.8) is 0 Å². The van der Waals surface area contributed by atoms with Crippen LogP contribution in [0.1, 0.15) is 24.7 Å². The quantitative estimate of drug-likeness (QED) is 0.940. The number of hydrogen-bond donors (Lipinski definition) is 1. The van der Waals surface area contributed by atoms with Gasteiger partial charge in [0.2, 0.25) is 0 Å². The Morgan fingerprint density at radius 2 is 2.04 bits per heavy atom. The summed E-state index contributed by atoms with van der Waals surface area (Å²) in [6, 6.07) is 7.18. The van der Waals surface area contributed by atoms with Gasteiger partial charge in [-0.05, 0) is 25.0 Å². The van der Waals surface area contributed by atoms with Crippen molar-refractivity contribution >= 4 is 0 Å². The largest absolute Gasteiger partial charge is 0.381 e. The molecule has 0 aliphatic carbocycles. The van der Waals surface area contributed by atoms with E-state index < -0.39 is 0 Å². The second-order valence-electron chi connectivity index (χ2n) is 6.36. The predicted molar refractivity (Wildman–Crippen MR) is 88.1 cm³/mol. The molecule has 2 aliphatic rings. The molecule has 1 N–H and O–H groups in total. The zero-order chi connectivity index (χ0) is 16.4. The van der Waals surface area contributed by atoms with Crippen LogP contribution < -0.4 is 0 Å². The summed E-state index contributed by atoms with van der Waals surface area (Å²) in [7, 11) is 0. The van der Waals surface area contributed by atoms with Crippen molar-refractivity contribution in [2.45, 2.75) is 24.9 Å². The molecule has 0 radical (unpaired) electrons. The molecular weight excluding hydrogens is 309 g/mol. The van der Waals surface area contributed by atoms with Crippen molar-refractivity contribution in [2.24, 2.45) is 0 Å². The third-order valence-electron chi connectivity index (χ3n) is 4.88. The van der Waals surface area contributed by atoms with Crippen LogP contribution in [0, 0.1) is 5.82 Å². The molecule has 6 heteroatoms. The number of ether oxygens (including phenoxy) is 2. The van der Waals surface area contributed by atoms with Gasteiger partial charge >= 0.3 is 0 Å². The third-order valence-corrected chi connectivity index (χ3v) is 4.88. The minimum absolute atomic E-state index is 0.115. The van der Waals surface area contributed by atoms with E-state index in [1.54, 1.807) is 12.3 Å². The molecule has 1 aromatic carbocycles. The molecule has 0 bridgehead atoms. The van der Waals surface area contributed by atoms with Crippen molar-refractivity contribution in [3.8, 4) is 11.3 Å². The van der Waals surface area contributed by atoms with Crippen molar-refractivity contribution in [1.29, 1.82) is 0 Å². The lowest BCUT2D eigenvalue weighted by Gasteiger charge is -2.41. The number of benzene rings is 1. The minimum Gasteiger partial charge on any atom is -0.381 e. The number of nitrogens with one attached hydrogen (secondary N) is 1. The maximum Gasteiger partial charge on any atom is 0.126 e. The summed E-state index contributed by atoms with van der Waals surface area (Å²) in [4.78, 5) is 10.4. The SMILES string of the molecule is Fc1cccc(-c2cnc([C@@H]3COCCN3C3CCOCC3)[nH]2)c1. The summed E-state index contributed by atoms with van der Waals surface area (Å²) in [5.74, 6) is 0.647. The number of morpholine rings is 1. The lowest BCUT2D eigenvalue weighted by molar-refractivity contribution is -0.0589. The molecule has 0 amide bonds. The fourth-order valence-corrected chi connectivity index (χ4v) is 3.62. The predicted octanol–water partition coefficient (Wildman–Crippen LogP) is 2.77. The maximum absolute atomic E-state index is 13.4. The zero-order valence-corrected chi connectivity index (χ0v) is 13.6. The van der Waals surface area contributed by atoms with Crippen molar-refractivity contribution in [3.05, 3.63) is 42.1 Å². The molecule has 0 unspecified atom stereocenters. The van der Waals surface area contributed by atoms with Gasteiger partial charge in [0.15, 0.2) is 0 Å². The summed E-state index contributed by atoms with van der Waals surface area (Å²) >= 11 is 0. The number of nitrogens with zero attached hydrogens (tertiary/aromatic N) is 2. The van der Waals surface area contributed by atoms with E-state index in [2.05, 4.69) is 14.9 Å². The second-order valence-corrected chi connectivity index (χ2v) is 6.36. The molecule has 1 aromatic heterocycles. The molecule has 3 heterocycles. The Morgan fingerprint density at radius 3 is 2.88 bits per heavy atom. The minimum atomic E-state index is -0.242. The first kappa shape index (κ1) is 15.7. The lowest BCUT2D eigenvalue weighted by atomic mass is 10.0. The van der Waals surface area contributed by atoms with Gasteiger partial charge in [0.05, 0.1) is 31.1 Å². The summed E-state index contributed by atoms with van der Waals surface area (Å²) in [6.07, 6.45) is 3.88. The Hall–Kier alpha value is -1.76. The summed E-state index contributed by atoms with van der Waals surface area (Å²) in [6.45, 7) is 3.94. The molecule has 128 valence electrons. The fraction of sp³-hybridized carbons (Fsp3) is 0.500. The van der Waals surface area contributed by atoms with Crippen LogP contribution in [0.25, 0.3) is 11.3 Å². The maximum atomic E-state index is 13.4. The molecule has 4 rings (SSSR count). The standard InChI is InChI=1S/C18H22FN3O2/c19-14-3-1-2-13(10-14)16-11-20-18(21-16)17-12-24-9-6-22(17)15-4-7-23-8-5-15/h1-3,10-11,15,17H,4-9,12H2,(H,20,21)/t17-/m0/s1. The number of H-pyrrole nitrogens is 1. The highest BCUT2D eigenvalue weighted by atomic mass is 19.1. The average Bonchev–Trinajstić information content (AvgIpc) is 3.12. The highest BCUT2D eigenvalue weighted by Crippen LogP contribution is 2.29. The van der Waals surface area contributed by atoms with E-state index in [1.807, 2.05) is 6.07 Å². The smallest absolute Gasteiger partial charge is 0.126 e. The Bertz CT molecular complexity index is 684. The second kappa shape index (κ2) is 7.01. The number of aromatic nitrogens is 2. The van der Waals surface area contributed by atoms with Crippen molar-refractivity contribution in [1.82, 2.24) is 14.9 Å². The lowest BCUT2D eigenvalue weighted by Crippen LogP contribution is -2.48. The van der Waals surface area contributed by atoms with Crippen LogP contribution in [0.15, 0.2) is 30.5 Å². The highest BCUT2D eigenvalue weighted by Gasteiger charge is 2.33. The Labute approximate surface area is 140 Å². The molecule has 0 spiro atoms. The van der Waals surface area contributed by atoms with Crippen LogP contribution in [-0.2, 0) is 9.47 Å². The Kier molecular flexibility index (Phi) is 4.60. The van der Waals surface area contributed by atoms with Crippen LogP contribution in [0.5, 0.6) is 0 Å². The first-order valence-corrected chi connectivity index (χ1v) is 8.53. The van der Waals surface area contributed by atoms with Gasteiger partial charge in [-0.25, -0.2) is 9.37 Å². The van der Waals surface area contributed by atoms with Crippen molar-refractivity contribution < 1.29 is 13.9 Å². The first-order valence-electron chi connectivity index (χ1n) is 8.53. The fourth-order valence-electron chi connectivity index (χ4n) is 3.62. The molecule has 24 heavy (non-hydrogen) atoms. The molecule has 1 atom stereocenters. The number of hydrogen-bond acceptors (Lipinski definition) is 4. The van der Waals surface area contributed by atoms with Crippen LogP contribution in [0.3, 0.4) is 0 Å². The Balaban J connectivity index is 1.57. The van der Waals surface area contributed by atoms with Gasteiger partial charge in [-0.15, -0.1) is 0 Å². The molecule has 2 aromatic rings. The van der Waals surface area contributed by atoms with E-state index in [1.165, 1.54) is 12.1 Å². The number of rotatable bonds is 3. The number of imidazole rings is 1. The van der Waals surface area contributed by atoms with Gasteiger partial charge in [0, 0.05) is 31.4 Å². The molecule has 0 saturated carbocycles. The summed E-state index contributed by atoms with van der Waals surface area (Å²) < 4.78 is 24.6. The number of halogens is 1. The van der Waals surface area contributed by atoms with Gasteiger partial charge < -0.3 is 14.5 Å². The zero-order valence-electron chi connectivity index (χ0n) is 13.6. The summed E-state index contributed by atoms with van der Waals surface area (Å²) in [5, 5.41) is 0. The molecule has 2 saturated heterocycles.